The van der Waals surface area contributed by atoms with Gasteiger partial charge >= 0.3 is 0 Å². The molecule has 3 rings (SSSR count). The molecule has 2 heteroatoms. The molecule has 1 heterocycles. The Labute approximate surface area is 89.7 Å². The molecule has 0 spiro atoms. The van der Waals surface area contributed by atoms with Crippen LogP contribution in [-0.2, 0) is 5.41 Å². The number of thiocarbonyl (C=S) groups is 1. The lowest BCUT2D eigenvalue weighted by molar-refractivity contribution is 0.515. The van der Waals surface area contributed by atoms with Crippen LogP contribution in [0.15, 0.2) is 30.3 Å². The molecule has 0 aromatic heterocycles. The second-order valence-corrected chi connectivity index (χ2v) is 4.81. The minimum Gasteiger partial charge on any atom is -0.368 e. The van der Waals surface area contributed by atoms with E-state index < -0.39 is 0 Å². The number of nitrogens with zero attached hydrogens (tertiary/aromatic N) is 1. The number of likely N-dealkylation sites (N-methyl/N-ethyl adjacent to an activating group) is 1. The molecule has 72 valence electrons. The van der Waals surface area contributed by atoms with E-state index in [2.05, 4.69) is 42.3 Å². The molecule has 2 atom stereocenters. The lowest BCUT2D eigenvalue weighted by atomic mass is 9.95. The molecule has 1 nitrogen and oxygen atoms in total. The van der Waals surface area contributed by atoms with Crippen molar-refractivity contribution in [2.75, 3.05) is 13.6 Å². The van der Waals surface area contributed by atoms with E-state index in [4.69, 9.17) is 12.2 Å². The molecule has 0 amide bonds. The third-order valence-electron chi connectivity index (χ3n) is 3.62. The van der Waals surface area contributed by atoms with Crippen LogP contribution in [0.3, 0.4) is 0 Å². The summed E-state index contributed by atoms with van der Waals surface area (Å²) in [4.78, 5) is 3.38. The zero-order chi connectivity index (χ0) is 9.76. The number of hydrogen-bond donors (Lipinski definition) is 0. The molecule has 0 N–H and O–H groups in total. The van der Waals surface area contributed by atoms with E-state index in [-0.39, 0.29) is 5.41 Å². The average molecular weight is 203 g/mol. The number of hydrogen-bond acceptors (Lipinski definition) is 1. The molecular weight excluding hydrogens is 190 g/mol. The van der Waals surface area contributed by atoms with Crippen LogP contribution in [0.25, 0.3) is 0 Å². The van der Waals surface area contributed by atoms with Crippen molar-refractivity contribution < 1.29 is 0 Å². The minimum absolute atomic E-state index is 0.241. The molecule has 1 aromatic carbocycles. The molecule has 2 aliphatic rings. The maximum Gasteiger partial charge on any atom is 0.0887 e. The summed E-state index contributed by atoms with van der Waals surface area (Å²) in [5, 5.41) is 0. The molecular formula is C12H13NS. The van der Waals surface area contributed by atoms with Gasteiger partial charge in [0, 0.05) is 13.6 Å². The third kappa shape index (κ3) is 0.871. The number of piperidine rings is 1. The number of rotatable bonds is 1. The lowest BCUT2D eigenvalue weighted by Gasteiger charge is -2.19. The first-order chi connectivity index (χ1) is 6.75. The van der Waals surface area contributed by atoms with Gasteiger partial charge in [-0.3, -0.25) is 0 Å². The summed E-state index contributed by atoms with van der Waals surface area (Å²) in [6.07, 6.45) is 1.26. The highest BCUT2D eigenvalue weighted by atomic mass is 32.1. The first-order valence-corrected chi connectivity index (χ1v) is 5.47. The van der Waals surface area contributed by atoms with E-state index in [0.717, 1.165) is 17.5 Å². The summed E-state index contributed by atoms with van der Waals surface area (Å²) < 4.78 is 0. The van der Waals surface area contributed by atoms with Crippen LogP contribution < -0.4 is 0 Å². The second kappa shape index (κ2) is 2.57. The normalized spacial score (nSPS) is 34.5. The van der Waals surface area contributed by atoms with Gasteiger partial charge in [-0.05, 0) is 17.9 Å². The molecule has 0 bridgehead atoms. The van der Waals surface area contributed by atoms with E-state index in [9.17, 15) is 0 Å². The number of fused-ring (bicyclic) bond motifs is 1. The van der Waals surface area contributed by atoms with Gasteiger partial charge in [-0.2, -0.15) is 0 Å². The highest BCUT2D eigenvalue weighted by Gasteiger charge is 2.63. The molecule has 1 saturated carbocycles. The van der Waals surface area contributed by atoms with Gasteiger partial charge in [-0.1, -0.05) is 42.5 Å². The molecule has 1 saturated heterocycles. The summed E-state index contributed by atoms with van der Waals surface area (Å²) >= 11 is 5.53. The second-order valence-electron chi connectivity index (χ2n) is 4.42. The van der Waals surface area contributed by atoms with E-state index in [0.29, 0.717) is 0 Å². The topological polar surface area (TPSA) is 3.24 Å². The fraction of sp³-hybridized carbons (Fsp3) is 0.417. The fourth-order valence-corrected chi connectivity index (χ4v) is 3.22. The van der Waals surface area contributed by atoms with E-state index in [1.165, 1.54) is 12.0 Å². The molecule has 0 unspecified atom stereocenters. The van der Waals surface area contributed by atoms with Crippen molar-refractivity contribution in [1.82, 2.24) is 4.90 Å². The van der Waals surface area contributed by atoms with Gasteiger partial charge in [0.25, 0.3) is 0 Å². The van der Waals surface area contributed by atoms with Gasteiger partial charge in [0.05, 0.1) is 10.4 Å². The van der Waals surface area contributed by atoms with Crippen LogP contribution in [0, 0.1) is 5.92 Å². The molecule has 2 fully saturated rings. The van der Waals surface area contributed by atoms with Crippen molar-refractivity contribution in [2.24, 2.45) is 5.92 Å². The van der Waals surface area contributed by atoms with Crippen molar-refractivity contribution in [3.8, 4) is 0 Å². The number of benzene rings is 1. The third-order valence-corrected chi connectivity index (χ3v) is 4.29. The van der Waals surface area contributed by atoms with Crippen LogP contribution in [0.1, 0.15) is 12.0 Å². The van der Waals surface area contributed by atoms with E-state index in [1.807, 2.05) is 0 Å². The van der Waals surface area contributed by atoms with Gasteiger partial charge in [0.2, 0.25) is 0 Å². The fourth-order valence-electron chi connectivity index (χ4n) is 2.78. The SMILES string of the molecule is CN1C[C@H]2C[C@@]2(c2ccccc2)C1=S. The zero-order valence-electron chi connectivity index (χ0n) is 8.23. The van der Waals surface area contributed by atoms with Gasteiger partial charge in [-0.25, -0.2) is 0 Å². The van der Waals surface area contributed by atoms with Crippen molar-refractivity contribution in [1.29, 1.82) is 0 Å². The van der Waals surface area contributed by atoms with E-state index in [1.54, 1.807) is 0 Å². The lowest BCUT2D eigenvalue weighted by Crippen LogP contribution is -2.28. The van der Waals surface area contributed by atoms with Gasteiger partial charge in [0.15, 0.2) is 0 Å². The highest BCUT2D eigenvalue weighted by molar-refractivity contribution is 7.80. The monoisotopic (exact) mass is 203 g/mol. The Morgan fingerprint density at radius 2 is 2.07 bits per heavy atom. The molecule has 0 radical (unpaired) electrons. The molecule has 1 aliphatic heterocycles. The van der Waals surface area contributed by atoms with Crippen LogP contribution in [0.4, 0.5) is 0 Å². The maximum atomic E-state index is 5.53. The number of likely N-dealkylation sites (tertiary alicyclic amines) is 1. The van der Waals surface area contributed by atoms with Crippen molar-refractivity contribution in [3.63, 3.8) is 0 Å². The Hall–Kier alpha value is -0.890. The Morgan fingerprint density at radius 1 is 1.36 bits per heavy atom. The smallest absolute Gasteiger partial charge is 0.0887 e. The average Bonchev–Trinajstić information content (AvgIpc) is 2.88. The summed E-state index contributed by atoms with van der Waals surface area (Å²) in [6, 6.07) is 10.7. The predicted octanol–water partition coefficient (Wildman–Crippen LogP) is 2.22. The zero-order valence-corrected chi connectivity index (χ0v) is 9.05. The summed E-state index contributed by atoms with van der Waals surface area (Å²) in [6.45, 7) is 1.15. The predicted molar refractivity (Wildman–Crippen MR) is 61.5 cm³/mol. The van der Waals surface area contributed by atoms with Gasteiger partial charge < -0.3 is 4.90 Å². The largest absolute Gasteiger partial charge is 0.368 e. The first kappa shape index (κ1) is 8.42. The summed E-state index contributed by atoms with van der Waals surface area (Å²) in [7, 11) is 2.11. The van der Waals surface area contributed by atoms with Crippen LogP contribution >= 0.6 is 12.2 Å². The quantitative estimate of drug-likeness (QED) is 0.644. The molecule has 14 heavy (non-hydrogen) atoms. The standard InChI is InChI=1S/C12H13NS/c1-13-8-10-7-12(10,11(13)14)9-5-3-2-4-6-9/h2-6,10H,7-8H2,1H3/t10-,12+/m1/s1. The van der Waals surface area contributed by atoms with E-state index >= 15 is 0 Å². The Bertz CT molecular complexity index is 387. The minimum atomic E-state index is 0.241. The Morgan fingerprint density at radius 3 is 2.64 bits per heavy atom. The van der Waals surface area contributed by atoms with Crippen molar-refractivity contribution >= 4 is 17.2 Å². The highest BCUT2D eigenvalue weighted by Crippen LogP contribution is 2.59. The van der Waals surface area contributed by atoms with Gasteiger partial charge in [-0.15, -0.1) is 0 Å². The van der Waals surface area contributed by atoms with Crippen LogP contribution in [0.2, 0.25) is 0 Å². The summed E-state index contributed by atoms with van der Waals surface area (Å²) in [5.74, 6) is 0.780. The van der Waals surface area contributed by atoms with Crippen LogP contribution in [0.5, 0.6) is 0 Å². The molecule has 1 aliphatic carbocycles. The maximum absolute atomic E-state index is 5.53. The van der Waals surface area contributed by atoms with Crippen molar-refractivity contribution in [3.05, 3.63) is 35.9 Å². The van der Waals surface area contributed by atoms with Crippen LogP contribution in [-0.4, -0.2) is 23.5 Å². The van der Waals surface area contributed by atoms with Crippen molar-refractivity contribution in [2.45, 2.75) is 11.8 Å². The first-order valence-electron chi connectivity index (χ1n) is 5.06. The molecule has 1 aromatic rings. The Kier molecular flexibility index (Phi) is 1.55. The Balaban J connectivity index is 2.05. The summed E-state index contributed by atoms with van der Waals surface area (Å²) in [5.41, 5.74) is 1.66. The van der Waals surface area contributed by atoms with Gasteiger partial charge in [0.1, 0.15) is 0 Å².